The second-order valence-electron chi connectivity index (χ2n) is 16.4. The molecule has 0 bridgehead atoms. The normalized spacial score (nSPS) is 15.3. The smallest absolute Gasteiger partial charge is 0.446 e. The predicted octanol–water partition coefficient (Wildman–Crippen LogP) is 8.42. The summed E-state index contributed by atoms with van der Waals surface area (Å²) in [5, 5.41) is 14.8. The van der Waals surface area contributed by atoms with Crippen molar-refractivity contribution in [3.05, 3.63) is 96.6 Å². The zero-order chi connectivity index (χ0) is 51.0. The molecular formula is C44H66Cl3F3N6O11S. The van der Waals surface area contributed by atoms with Crippen molar-refractivity contribution in [2.45, 2.75) is 84.5 Å². The predicted molar refractivity (Wildman–Crippen MR) is 254 cm³/mol. The largest absolute Gasteiger partial charge is 0.468 e. The fourth-order valence-corrected chi connectivity index (χ4v) is 5.65. The van der Waals surface area contributed by atoms with Crippen molar-refractivity contribution >= 4 is 60.7 Å². The molecule has 3 N–H and O–H groups in total. The Morgan fingerprint density at radius 2 is 0.971 bits per heavy atom. The Kier molecular flexibility index (Phi) is 31.2. The molecule has 0 unspecified atom stereocenters. The number of ether oxygens (including phenoxy) is 2. The van der Waals surface area contributed by atoms with Crippen molar-refractivity contribution in [2.75, 3.05) is 78.5 Å². The van der Waals surface area contributed by atoms with Crippen molar-refractivity contribution in [1.82, 2.24) is 30.2 Å². The molecule has 2 amide bonds. The maximum Gasteiger partial charge on any atom is 0.446 e. The molecule has 0 saturated carbocycles. The second kappa shape index (κ2) is 34.3. The van der Waals surface area contributed by atoms with E-state index in [-0.39, 0.29) is 24.4 Å². The number of aldehydes is 1. The number of carbonyl (C=O) groups is 3. The minimum Gasteiger partial charge on any atom is -0.468 e. The monoisotopic (exact) mass is 1050 g/mol. The number of alkyl halides is 4. The van der Waals surface area contributed by atoms with E-state index in [0.29, 0.717) is 24.7 Å². The van der Waals surface area contributed by atoms with Crippen LogP contribution in [0.1, 0.15) is 64.6 Å². The quantitative estimate of drug-likeness (QED) is 0.0945. The molecule has 0 aliphatic carbocycles. The van der Waals surface area contributed by atoms with E-state index in [2.05, 4.69) is 41.8 Å². The minimum absolute atomic E-state index is 0.00694. The van der Waals surface area contributed by atoms with Crippen molar-refractivity contribution < 1.29 is 64.0 Å². The van der Waals surface area contributed by atoms with Gasteiger partial charge in [0, 0.05) is 99.9 Å². The second-order valence-corrected chi connectivity index (χ2v) is 19.2. The fraction of sp³-hybridized carbons (Fsp3) is 0.568. The molecule has 7 heterocycles. The van der Waals surface area contributed by atoms with Crippen LogP contribution < -0.4 is 10.6 Å². The standard InChI is InChI=1S/C14H22N2O3.C9H18N2O2.C9H14N2O.C5H5ClO.C5H6O2.C2HF3O.Cl2OS/c1-14(2,3)19-13(17)16-8-6-15(7-9-16)11-12-5-4-10-18-12;1-9(2,3)13-8(12)11-6-4-10-5-7-11;1-2-9(12-7-1)8-11-5-3-10-4-6-11;2*6-4-5-2-1-3-7-5;3-2(4,5)1-6;1-4(2)3/h4-5,10H,6-9,11H2,1-3H3;10H,4-7H2,1-3H3;1-2,7,10H,3-6,8H2;1-3H,4H2;1-3,6H,4H2;1H;. The number of furan rings is 4. The minimum atomic E-state index is -4.64. The van der Waals surface area contributed by atoms with Crippen LogP contribution in [-0.4, -0.2) is 143 Å². The summed E-state index contributed by atoms with van der Waals surface area (Å²) in [6.07, 6.45) is 0.444. The number of hydrogen-bond donors (Lipinski definition) is 3. The third kappa shape index (κ3) is 33.4. The lowest BCUT2D eigenvalue weighted by Gasteiger charge is -2.35. The van der Waals surface area contributed by atoms with E-state index in [4.69, 9.17) is 52.9 Å². The van der Waals surface area contributed by atoms with Crippen molar-refractivity contribution in [2.24, 2.45) is 0 Å². The van der Waals surface area contributed by atoms with E-state index in [9.17, 15) is 22.8 Å². The Morgan fingerprint density at radius 3 is 1.25 bits per heavy atom. The number of hydrogen-bond acceptors (Lipinski definition) is 15. The van der Waals surface area contributed by atoms with Gasteiger partial charge in [-0.1, -0.05) is 0 Å². The van der Waals surface area contributed by atoms with Crippen LogP contribution in [0.15, 0.2) is 91.3 Å². The summed E-state index contributed by atoms with van der Waals surface area (Å²) in [7, 11) is 7.36. The van der Waals surface area contributed by atoms with E-state index >= 15 is 0 Å². The van der Waals surface area contributed by atoms with Crippen molar-refractivity contribution in [3.8, 4) is 0 Å². The number of rotatable bonds is 6. The molecule has 386 valence electrons. The molecule has 17 nitrogen and oxygen atoms in total. The highest BCUT2D eigenvalue weighted by Crippen LogP contribution is 2.14. The van der Waals surface area contributed by atoms with Crippen LogP contribution in [0.3, 0.4) is 0 Å². The highest BCUT2D eigenvalue weighted by atomic mass is 36.0. The van der Waals surface area contributed by atoms with Gasteiger partial charge in [-0.05, 0) is 90.1 Å². The van der Waals surface area contributed by atoms with Gasteiger partial charge < -0.3 is 52.7 Å². The SMILES string of the molecule is CC(C)(C)OC(=O)N1CCN(Cc2ccco2)CC1.CC(C)(C)OC(=O)N1CCNCC1.ClCc1ccco1.O=CC(F)(F)F.O=S(Cl)Cl.OCc1ccco1.c1coc(CN2CCNCC2)c1. The maximum absolute atomic E-state index is 11.9. The van der Waals surface area contributed by atoms with Crippen LogP contribution in [0.2, 0.25) is 0 Å². The van der Waals surface area contributed by atoms with Crippen LogP contribution in [-0.2, 0) is 49.1 Å². The van der Waals surface area contributed by atoms with Gasteiger partial charge in [0.05, 0.1) is 44.0 Å². The molecule has 3 fully saturated rings. The fourth-order valence-electron chi connectivity index (χ4n) is 5.50. The van der Waals surface area contributed by atoms with Crippen molar-refractivity contribution in [3.63, 3.8) is 0 Å². The van der Waals surface area contributed by atoms with E-state index in [1.165, 1.54) is 6.26 Å². The van der Waals surface area contributed by atoms with Crippen LogP contribution in [0.5, 0.6) is 0 Å². The third-order valence-electron chi connectivity index (χ3n) is 8.50. The molecule has 3 aliphatic heterocycles. The van der Waals surface area contributed by atoms with E-state index in [0.717, 1.165) is 95.8 Å². The topological polar surface area (TPSA) is 197 Å². The average molecular weight is 1050 g/mol. The molecule has 3 saturated heterocycles. The number of piperazine rings is 3. The van der Waals surface area contributed by atoms with E-state index in [1.54, 1.807) is 40.7 Å². The number of aliphatic hydroxyl groups excluding tert-OH is 1. The maximum atomic E-state index is 11.9. The molecule has 0 spiro atoms. The van der Waals surface area contributed by atoms with Crippen molar-refractivity contribution in [1.29, 1.82) is 0 Å². The summed E-state index contributed by atoms with van der Waals surface area (Å²) < 4.78 is 71.1. The van der Waals surface area contributed by atoms with Crippen LogP contribution in [0, 0.1) is 0 Å². The first kappa shape index (κ1) is 62.0. The number of carbonyl (C=O) groups excluding carboxylic acids is 3. The van der Waals surface area contributed by atoms with E-state index in [1.807, 2.05) is 77.9 Å². The summed E-state index contributed by atoms with van der Waals surface area (Å²) in [5.74, 6) is 3.93. The Hall–Kier alpha value is -4.06. The lowest BCUT2D eigenvalue weighted by Crippen LogP contribution is -2.49. The average Bonchev–Trinajstić information content (AvgIpc) is 4.15. The van der Waals surface area contributed by atoms with Gasteiger partial charge >= 0.3 is 18.4 Å². The van der Waals surface area contributed by atoms with Gasteiger partial charge in [0.25, 0.3) is 0 Å². The summed E-state index contributed by atoms with van der Waals surface area (Å²) in [6, 6.07) is 15.0. The summed E-state index contributed by atoms with van der Waals surface area (Å²) in [6.45, 7) is 23.8. The lowest BCUT2D eigenvalue weighted by molar-refractivity contribution is -0.156. The molecule has 7 rings (SSSR count). The number of nitrogens with one attached hydrogen (secondary N) is 2. The number of amides is 2. The molecule has 3 aliphatic rings. The van der Waals surface area contributed by atoms with Gasteiger partial charge in [-0.25, -0.2) is 13.8 Å². The first-order valence-corrected chi connectivity index (χ1v) is 24.7. The molecule has 4 aromatic rings. The molecule has 0 atom stereocenters. The van der Waals surface area contributed by atoms with Gasteiger partial charge in [-0.2, -0.15) is 13.2 Å². The number of halogens is 6. The molecule has 0 radical (unpaired) electrons. The molecule has 0 aromatic carbocycles. The third-order valence-corrected chi connectivity index (χ3v) is 8.77. The van der Waals surface area contributed by atoms with Crippen LogP contribution >= 0.6 is 33.0 Å². The highest BCUT2D eigenvalue weighted by molar-refractivity contribution is 8.26. The Balaban J connectivity index is 0.000000419. The number of nitrogens with zero attached hydrogens (tertiary/aromatic N) is 4. The van der Waals surface area contributed by atoms with Gasteiger partial charge in [0.2, 0.25) is 15.5 Å². The summed E-state index contributed by atoms with van der Waals surface area (Å²) in [4.78, 5) is 40.3. The van der Waals surface area contributed by atoms with Gasteiger partial charge in [0.15, 0.2) is 0 Å². The lowest BCUT2D eigenvalue weighted by atomic mass is 10.2. The Labute approximate surface area is 412 Å². The van der Waals surface area contributed by atoms with Gasteiger partial charge in [-0.3, -0.25) is 14.6 Å². The van der Waals surface area contributed by atoms with Gasteiger partial charge in [0.1, 0.15) is 40.8 Å². The molecular weight excluding hydrogens is 984 g/mol. The summed E-state index contributed by atoms with van der Waals surface area (Å²) >= 11 is 5.37. The molecule has 4 aromatic heterocycles. The first-order chi connectivity index (χ1) is 32.0. The van der Waals surface area contributed by atoms with E-state index < -0.39 is 27.3 Å². The zero-order valence-corrected chi connectivity index (χ0v) is 42.4. The molecule has 68 heavy (non-hydrogen) atoms. The van der Waals surface area contributed by atoms with Crippen LogP contribution in [0.4, 0.5) is 22.8 Å². The van der Waals surface area contributed by atoms with Gasteiger partial charge in [-0.15, -0.1) is 11.6 Å². The Morgan fingerprint density at radius 1 is 0.647 bits per heavy atom. The highest BCUT2D eigenvalue weighted by Gasteiger charge is 2.27. The van der Waals surface area contributed by atoms with Crippen LogP contribution in [0.25, 0.3) is 0 Å². The molecule has 24 heteroatoms. The summed E-state index contributed by atoms with van der Waals surface area (Å²) in [5.41, 5.74) is -0.815. The number of aliphatic hydroxyl groups is 1. The zero-order valence-electron chi connectivity index (χ0n) is 39.3. The first-order valence-electron chi connectivity index (χ1n) is 21.4. The Bertz CT molecular complexity index is 1830.